The Hall–Kier alpha value is -1.00. The molecule has 0 saturated heterocycles. The van der Waals surface area contributed by atoms with E-state index in [2.05, 4.69) is 12.2 Å². The first-order valence-electron chi connectivity index (χ1n) is 6.31. The van der Waals surface area contributed by atoms with Gasteiger partial charge in [0.05, 0.1) is 0 Å². The lowest BCUT2D eigenvalue weighted by Crippen LogP contribution is -2.15. The Kier molecular flexibility index (Phi) is 3.08. The number of hydrogen-bond donors (Lipinski definition) is 1. The summed E-state index contributed by atoms with van der Waals surface area (Å²) in [7, 11) is 0. The van der Waals surface area contributed by atoms with E-state index in [1.54, 1.807) is 11.3 Å². The molecule has 0 spiro atoms. The summed E-state index contributed by atoms with van der Waals surface area (Å²) in [6, 6.07) is 3.30. The molecule has 0 radical (unpaired) electrons. The summed E-state index contributed by atoms with van der Waals surface area (Å²) in [6.45, 7) is 2.87. The van der Waals surface area contributed by atoms with E-state index < -0.39 is 11.6 Å². The molecule has 2 aromatic rings. The highest BCUT2D eigenvalue weighted by molar-refractivity contribution is 7.19. The molecule has 3 rings (SSSR count). The zero-order chi connectivity index (χ0) is 12.7. The molecule has 18 heavy (non-hydrogen) atoms. The van der Waals surface area contributed by atoms with Crippen molar-refractivity contribution in [1.82, 2.24) is 5.32 Å². The number of hydrogen-bond acceptors (Lipinski definition) is 2. The van der Waals surface area contributed by atoms with Crippen LogP contribution in [0.25, 0.3) is 10.1 Å². The summed E-state index contributed by atoms with van der Waals surface area (Å²) >= 11 is 1.57. The van der Waals surface area contributed by atoms with Crippen LogP contribution in [0.15, 0.2) is 12.1 Å². The molecule has 1 saturated carbocycles. The number of thiophene rings is 1. The Labute approximate surface area is 109 Å². The second kappa shape index (κ2) is 4.59. The first-order valence-corrected chi connectivity index (χ1v) is 7.13. The van der Waals surface area contributed by atoms with Gasteiger partial charge >= 0.3 is 0 Å². The second-order valence-corrected chi connectivity index (χ2v) is 5.91. The minimum Gasteiger partial charge on any atom is -0.309 e. The van der Waals surface area contributed by atoms with E-state index in [4.69, 9.17) is 0 Å². The fourth-order valence-electron chi connectivity index (χ4n) is 2.25. The van der Waals surface area contributed by atoms with E-state index >= 15 is 0 Å². The Balaban J connectivity index is 2.01. The molecule has 1 aliphatic carbocycles. The van der Waals surface area contributed by atoms with Gasteiger partial charge in [-0.2, -0.15) is 0 Å². The summed E-state index contributed by atoms with van der Waals surface area (Å²) < 4.78 is 27.4. The molecule has 1 aromatic heterocycles. The highest BCUT2D eigenvalue weighted by atomic mass is 32.1. The van der Waals surface area contributed by atoms with Crippen molar-refractivity contribution in [3.8, 4) is 0 Å². The van der Waals surface area contributed by atoms with E-state index in [9.17, 15) is 8.78 Å². The summed E-state index contributed by atoms with van der Waals surface area (Å²) in [5.74, 6) is -1.51. The van der Waals surface area contributed by atoms with Crippen LogP contribution in [0.4, 0.5) is 8.78 Å². The minimum atomic E-state index is -0.756. The number of nitrogens with one attached hydrogen (secondary N) is 1. The largest absolute Gasteiger partial charge is 0.309 e. The van der Waals surface area contributed by atoms with Crippen molar-refractivity contribution in [1.29, 1.82) is 0 Å². The SMILES string of the molecule is CCc1c(CNC2CC2)sc2cc(F)c(F)cc12. The molecule has 0 amide bonds. The molecule has 1 aliphatic rings. The first-order chi connectivity index (χ1) is 8.69. The van der Waals surface area contributed by atoms with Gasteiger partial charge in [0.2, 0.25) is 0 Å². The average Bonchev–Trinajstić information content (AvgIpc) is 3.11. The third-order valence-electron chi connectivity index (χ3n) is 3.40. The van der Waals surface area contributed by atoms with E-state index in [-0.39, 0.29) is 0 Å². The molecule has 96 valence electrons. The number of aryl methyl sites for hydroxylation is 1. The number of rotatable bonds is 4. The van der Waals surface area contributed by atoms with Crippen LogP contribution in [0.5, 0.6) is 0 Å². The lowest BCUT2D eigenvalue weighted by Gasteiger charge is -2.03. The van der Waals surface area contributed by atoms with Gasteiger partial charge in [-0.25, -0.2) is 8.78 Å². The Bertz CT molecular complexity index is 587. The maximum Gasteiger partial charge on any atom is 0.160 e. The zero-order valence-corrected chi connectivity index (χ0v) is 11.0. The topological polar surface area (TPSA) is 12.0 Å². The van der Waals surface area contributed by atoms with Crippen LogP contribution in [0.1, 0.15) is 30.2 Å². The van der Waals surface area contributed by atoms with E-state index in [0.717, 1.165) is 28.6 Å². The fourth-order valence-corrected chi connectivity index (χ4v) is 3.50. The molecule has 4 heteroatoms. The third-order valence-corrected chi connectivity index (χ3v) is 4.59. The van der Waals surface area contributed by atoms with Gasteiger partial charge < -0.3 is 5.32 Å². The van der Waals surface area contributed by atoms with Crippen LogP contribution in [0.2, 0.25) is 0 Å². The maximum absolute atomic E-state index is 13.3. The van der Waals surface area contributed by atoms with Gasteiger partial charge in [-0.05, 0) is 42.3 Å². The van der Waals surface area contributed by atoms with Gasteiger partial charge in [0.25, 0.3) is 0 Å². The van der Waals surface area contributed by atoms with Gasteiger partial charge in [-0.1, -0.05) is 6.92 Å². The molecular weight excluding hydrogens is 252 g/mol. The molecule has 1 nitrogen and oxygen atoms in total. The van der Waals surface area contributed by atoms with E-state index in [1.165, 1.54) is 29.9 Å². The monoisotopic (exact) mass is 267 g/mol. The van der Waals surface area contributed by atoms with Gasteiger partial charge in [-0.15, -0.1) is 11.3 Å². The molecule has 1 N–H and O–H groups in total. The number of benzene rings is 1. The van der Waals surface area contributed by atoms with Gasteiger partial charge in [0.15, 0.2) is 11.6 Å². The molecule has 1 heterocycles. The number of fused-ring (bicyclic) bond motifs is 1. The van der Waals surface area contributed by atoms with Crippen molar-refractivity contribution in [2.24, 2.45) is 0 Å². The normalized spacial score (nSPS) is 15.5. The molecule has 0 atom stereocenters. The molecular formula is C14H15F2NS. The van der Waals surface area contributed by atoms with Crippen molar-refractivity contribution in [2.45, 2.75) is 38.8 Å². The average molecular weight is 267 g/mol. The van der Waals surface area contributed by atoms with Crippen molar-refractivity contribution in [2.75, 3.05) is 0 Å². The standard InChI is InChI=1S/C14H15F2NS/c1-2-9-10-5-11(15)12(16)6-13(10)18-14(9)7-17-8-3-4-8/h5-6,8,17H,2-4,7H2,1H3. The quantitative estimate of drug-likeness (QED) is 0.883. The highest BCUT2D eigenvalue weighted by Gasteiger charge is 2.21. The predicted octanol–water partition coefficient (Wildman–Crippen LogP) is 3.99. The van der Waals surface area contributed by atoms with Gasteiger partial charge in [0, 0.05) is 22.2 Å². The lowest BCUT2D eigenvalue weighted by atomic mass is 10.1. The molecule has 0 unspecified atom stereocenters. The summed E-state index contributed by atoms with van der Waals surface area (Å²) in [4.78, 5) is 1.21. The third kappa shape index (κ3) is 2.15. The summed E-state index contributed by atoms with van der Waals surface area (Å²) in [5, 5.41) is 4.33. The molecule has 1 aromatic carbocycles. The highest BCUT2D eigenvalue weighted by Crippen LogP contribution is 2.34. The van der Waals surface area contributed by atoms with Crippen molar-refractivity contribution >= 4 is 21.4 Å². The summed E-state index contributed by atoms with van der Waals surface area (Å²) in [6.07, 6.45) is 3.35. The fraction of sp³-hybridized carbons (Fsp3) is 0.429. The Morgan fingerprint density at radius 1 is 1.28 bits per heavy atom. The summed E-state index contributed by atoms with van der Waals surface area (Å²) in [5.41, 5.74) is 1.15. The Morgan fingerprint density at radius 2 is 2.00 bits per heavy atom. The molecule has 0 bridgehead atoms. The molecule has 0 aliphatic heterocycles. The van der Waals surface area contributed by atoms with E-state index in [0.29, 0.717) is 6.04 Å². The lowest BCUT2D eigenvalue weighted by molar-refractivity contribution is 0.511. The number of halogens is 2. The van der Waals surface area contributed by atoms with Crippen LogP contribution < -0.4 is 5.32 Å². The minimum absolute atomic E-state index is 0.647. The van der Waals surface area contributed by atoms with Crippen molar-refractivity contribution in [3.63, 3.8) is 0 Å². The van der Waals surface area contributed by atoms with Crippen LogP contribution >= 0.6 is 11.3 Å². The second-order valence-electron chi connectivity index (χ2n) is 4.77. The molecule has 1 fully saturated rings. The van der Waals surface area contributed by atoms with Crippen LogP contribution in [-0.2, 0) is 13.0 Å². The Morgan fingerprint density at radius 3 is 2.67 bits per heavy atom. The van der Waals surface area contributed by atoms with Gasteiger partial charge in [0.1, 0.15) is 0 Å². The van der Waals surface area contributed by atoms with Crippen LogP contribution in [-0.4, -0.2) is 6.04 Å². The van der Waals surface area contributed by atoms with Crippen LogP contribution in [0.3, 0.4) is 0 Å². The maximum atomic E-state index is 13.3. The zero-order valence-electron chi connectivity index (χ0n) is 10.2. The van der Waals surface area contributed by atoms with Crippen LogP contribution in [0, 0.1) is 11.6 Å². The van der Waals surface area contributed by atoms with Gasteiger partial charge in [-0.3, -0.25) is 0 Å². The smallest absolute Gasteiger partial charge is 0.160 e. The van der Waals surface area contributed by atoms with Crippen molar-refractivity contribution in [3.05, 3.63) is 34.2 Å². The van der Waals surface area contributed by atoms with E-state index in [1.807, 2.05) is 0 Å². The first kappa shape index (κ1) is 12.1. The predicted molar refractivity (Wildman–Crippen MR) is 71.0 cm³/mol. The van der Waals surface area contributed by atoms with Crippen molar-refractivity contribution < 1.29 is 8.78 Å².